The number of hydrogen-bond acceptors (Lipinski definition) is 4. The Balaban J connectivity index is 2.12. The molecular formula is C20H32O4. The van der Waals surface area contributed by atoms with E-state index in [4.69, 9.17) is 0 Å². The molecule has 0 amide bonds. The summed E-state index contributed by atoms with van der Waals surface area (Å²) in [7, 11) is 0. The van der Waals surface area contributed by atoms with Crippen LogP contribution < -0.4 is 0 Å². The summed E-state index contributed by atoms with van der Waals surface area (Å²) < 4.78 is 0. The largest absolute Gasteiger partial charge is 0.509 e. The Morgan fingerprint density at radius 1 is 1.08 bits per heavy atom. The van der Waals surface area contributed by atoms with Crippen molar-refractivity contribution < 1.29 is 19.8 Å². The highest BCUT2D eigenvalue weighted by Gasteiger charge is 2.30. The third-order valence-corrected chi connectivity index (χ3v) is 4.42. The molecule has 24 heavy (non-hydrogen) atoms. The molecule has 0 radical (unpaired) electrons. The van der Waals surface area contributed by atoms with Crippen molar-refractivity contribution in [3.63, 3.8) is 0 Å². The quantitative estimate of drug-likeness (QED) is 0.311. The highest BCUT2D eigenvalue weighted by atomic mass is 16.3. The number of rotatable bonds is 12. The van der Waals surface area contributed by atoms with Crippen LogP contribution in [0.25, 0.3) is 0 Å². The third kappa shape index (κ3) is 7.43. The fourth-order valence-electron chi connectivity index (χ4n) is 2.92. The number of allylic oxidation sites excluding steroid dienone is 3. The third-order valence-electron chi connectivity index (χ3n) is 4.42. The Labute approximate surface area is 145 Å². The molecule has 1 rings (SSSR count). The number of carbonyl (C=O) groups is 2. The first-order valence-electron chi connectivity index (χ1n) is 9.40. The highest BCUT2D eigenvalue weighted by molar-refractivity contribution is 6.21. The summed E-state index contributed by atoms with van der Waals surface area (Å²) in [4.78, 5) is 23.8. The predicted molar refractivity (Wildman–Crippen MR) is 95.9 cm³/mol. The zero-order valence-corrected chi connectivity index (χ0v) is 14.9. The molecule has 0 unspecified atom stereocenters. The first-order valence-corrected chi connectivity index (χ1v) is 9.40. The van der Waals surface area contributed by atoms with Gasteiger partial charge in [-0.15, -0.1) is 0 Å². The molecule has 1 aliphatic carbocycles. The number of aliphatic hydroxyl groups excluding tert-OH is 2. The van der Waals surface area contributed by atoms with E-state index in [0.29, 0.717) is 0 Å². The van der Waals surface area contributed by atoms with E-state index in [2.05, 4.69) is 19.1 Å². The molecule has 0 aliphatic heterocycles. The van der Waals surface area contributed by atoms with E-state index in [1.807, 2.05) is 0 Å². The second kappa shape index (κ2) is 12.0. The molecule has 0 spiro atoms. The summed E-state index contributed by atoms with van der Waals surface area (Å²) in [5.41, 5.74) is -0.160. The summed E-state index contributed by atoms with van der Waals surface area (Å²) >= 11 is 0. The van der Waals surface area contributed by atoms with Crippen molar-refractivity contribution in [2.75, 3.05) is 0 Å². The van der Waals surface area contributed by atoms with Gasteiger partial charge in [-0.05, 0) is 32.1 Å². The Kier molecular flexibility index (Phi) is 10.3. The van der Waals surface area contributed by atoms with Crippen molar-refractivity contribution in [1.82, 2.24) is 0 Å². The van der Waals surface area contributed by atoms with Crippen LogP contribution in [0, 0.1) is 0 Å². The molecule has 2 N–H and O–H groups in total. The molecule has 0 heterocycles. The first-order chi connectivity index (χ1) is 11.6. The van der Waals surface area contributed by atoms with E-state index in [-0.39, 0.29) is 36.4 Å². The Morgan fingerprint density at radius 3 is 2.42 bits per heavy atom. The van der Waals surface area contributed by atoms with Gasteiger partial charge < -0.3 is 10.2 Å². The monoisotopic (exact) mass is 336 g/mol. The van der Waals surface area contributed by atoms with Crippen molar-refractivity contribution in [2.45, 2.75) is 90.1 Å². The van der Waals surface area contributed by atoms with Crippen molar-refractivity contribution in [1.29, 1.82) is 0 Å². The molecule has 136 valence electrons. The van der Waals surface area contributed by atoms with Gasteiger partial charge >= 0.3 is 0 Å². The van der Waals surface area contributed by atoms with Gasteiger partial charge in [-0.1, -0.05) is 51.2 Å². The van der Waals surface area contributed by atoms with Gasteiger partial charge in [-0.3, -0.25) is 9.59 Å². The average molecular weight is 336 g/mol. The van der Waals surface area contributed by atoms with Gasteiger partial charge in [0, 0.05) is 12.8 Å². The molecule has 4 heteroatoms. The van der Waals surface area contributed by atoms with Crippen LogP contribution in [-0.2, 0) is 9.59 Å². The lowest BCUT2D eigenvalue weighted by atomic mass is 9.89. The second-order valence-electron chi connectivity index (χ2n) is 6.58. The number of Topliss-reactive ketones (excluding diaryl/α,β-unsaturated/α-hetero) is 2. The summed E-state index contributed by atoms with van der Waals surface area (Å²) in [6.45, 7) is 2.18. The summed E-state index contributed by atoms with van der Waals surface area (Å²) in [5, 5.41) is 19.3. The summed E-state index contributed by atoms with van der Waals surface area (Å²) in [5.74, 6) is -1.08. The van der Waals surface area contributed by atoms with E-state index in [0.717, 1.165) is 25.7 Å². The maximum absolute atomic E-state index is 12.1. The number of hydrogen-bond donors (Lipinski definition) is 2. The fraction of sp³-hybridized carbons (Fsp3) is 0.700. The zero-order valence-electron chi connectivity index (χ0n) is 14.9. The van der Waals surface area contributed by atoms with Crippen molar-refractivity contribution in [3.05, 3.63) is 23.5 Å². The Morgan fingerprint density at radius 2 is 1.71 bits per heavy atom. The Bertz CT molecular complexity index is 462. The molecule has 0 fully saturated rings. The van der Waals surface area contributed by atoms with Gasteiger partial charge in [0.2, 0.25) is 0 Å². The minimum absolute atomic E-state index is 0.138. The summed E-state index contributed by atoms with van der Waals surface area (Å²) in [6.07, 6.45) is 14.0. The number of unbranched alkanes of at least 4 members (excludes halogenated alkanes) is 7. The van der Waals surface area contributed by atoms with Gasteiger partial charge in [0.15, 0.2) is 11.6 Å². The lowest BCUT2D eigenvalue weighted by Gasteiger charge is -2.18. The molecule has 0 aromatic carbocycles. The molecule has 1 aliphatic rings. The lowest BCUT2D eigenvalue weighted by Crippen LogP contribution is -2.27. The Hall–Kier alpha value is -1.42. The minimum Gasteiger partial charge on any atom is -0.509 e. The van der Waals surface area contributed by atoms with E-state index >= 15 is 0 Å². The number of ketones is 2. The van der Waals surface area contributed by atoms with E-state index < -0.39 is 11.9 Å². The van der Waals surface area contributed by atoms with Crippen LogP contribution in [0.3, 0.4) is 0 Å². The fourth-order valence-corrected chi connectivity index (χ4v) is 2.92. The van der Waals surface area contributed by atoms with Gasteiger partial charge in [0.1, 0.15) is 17.4 Å². The van der Waals surface area contributed by atoms with Crippen LogP contribution in [0.5, 0.6) is 0 Å². The maximum Gasteiger partial charge on any atom is 0.170 e. The van der Waals surface area contributed by atoms with E-state index in [9.17, 15) is 19.8 Å². The predicted octanol–water partition coefficient (Wildman–Crippen LogP) is 4.57. The highest BCUT2D eigenvalue weighted by Crippen LogP contribution is 2.23. The van der Waals surface area contributed by atoms with Crippen LogP contribution in [0.2, 0.25) is 0 Å². The topological polar surface area (TPSA) is 74.6 Å². The van der Waals surface area contributed by atoms with Crippen LogP contribution >= 0.6 is 0 Å². The van der Waals surface area contributed by atoms with Crippen molar-refractivity contribution >= 4 is 11.6 Å². The number of carbonyl (C=O) groups excluding carboxylic acids is 2. The van der Waals surface area contributed by atoms with E-state index in [1.54, 1.807) is 0 Å². The van der Waals surface area contributed by atoms with Gasteiger partial charge in [-0.25, -0.2) is 0 Å². The lowest BCUT2D eigenvalue weighted by molar-refractivity contribution is -0.123. The normalized spacial score (nSPS) is 18.6. The van der Waals surface area contributed by atoms with Crippen LogP contribution in [0.1, 0.15) is 84.0 Å². The molecule has 0 saturated heterocycles. The summed E-state index contributed by atoms with van der Waals surface area (Å²) in [6, 6.07) is 0. The average Bonchev–Trinajstić information content (AvgIpc) is 2.56. The standard InChI is InChI=1S/C20H32O4/c1-2-3-4-5-6-7-8-9-10-11-12-13-16(21)19-17(22)14-15-18(23)20(19)24/h4-5,18,23-24H,2-3,6-15H2,1H3/b5-4+/t18-/m0/s1. The van der Waals surface area contributed by atoms with Crippen LogP contribution in [0.15, 0.2) is 23.5 Å². The first kappa shape index (κ1) is 20.6. The molecule has 0 saturated carbocycles. The molecule has 1 atom stereocenters. The van der Waals surface area contributed by atoms with Crippen molar-refractivity contribution in [3.8, 4) is 0 Å². The minimum atomic E-state index is -1.06. The molecular weight excluding hydrogens is 304 g/mol. The SMILES string of the molecule is CCC/C=C/CCCCCCCCC(=O)C1=C(O)[C@@H](O)CCC1=O. The maximum atomic E-state index is 12.1. The van der Waals surface area contributed by atoms with Crippen molar-refractivity contribution in [2.24, 2.45) is 0 Å². The molecule has 0 aromatic rings. The van der Waals surface area contributed by atoms with E-state index in [1.165, 1.54) is 32.1 Å². The van der Waals surface area contributed by atoms with Gasteiger partial charge in [0.25, 0.3) is 0 Å². The van der Waals surface area contributed by atoms with Gasteiger partial charge in [0.05, 0.1) is 0 Å². The molecule has 0 aromatic heterocycles. The van der Waals surface area contributed by atoms with Crippen LogP contribution in [-0.4, -0.2) is 27.9 Å². The number of aliphatic hydroxyl groups is 2. The molecule has 0 bridgehead atoms. The second-order valence-corrected chi connectivity index (χ2v) is 6.58. The molecule has 4 nitrogen and oxygen atoms in total. The van der Waals surface area contributed by atoms with Crippen LogP contribution in [0.4, 0.5) is 0 Å². The van der Waals surface area contributed by atoms with Gasteiger partial charge in [-0.2, -0.15) is 0 Å². The smallest absolute Gasteiger partial charge is 0.170 e. The zero-order chi connectivity index (χ0) is 17.8.